The highest BCUT2D eigenvalue weighted by atomic mass is 16.5. The molecule has 0 atom stereocenters. The summed E-state index contributed by atoms with van der Waals surface area (Å²) in [7, 11) is 0. The minimum absolute atomic E-state index is 0.188. The number of benzene rings is 1. The fourth-order valence-corrected chi connectivity index (χ4v) is 0.757. The van der Waals surface area contributed by atoms with Gasteiger partial charge in [0.1, 0.15) is 0 Å². The molecule has 0 aromatic heterocycles. The number of hydrogen-bond acceptors (Lipinski definition) is 2. The Morgan fingerprint density at radius 1 is 1.64 bits per heavy atom. The highest BCUT2D eigenvalue weighted by Crippen LogP contribution is 1.98. The average molecular weight is 148 g/mol. The second-order valence-electron chi connectivity index (χ2n) is 2.04. The minimum atomic E-state index is 0.188. The molecule has 0 amide bonds. The van der Waals surface area contributed by atoms with Gasteiger partial charge in [0.25, 0.3) is 0 Å². The maximum absolute atomic E-state index is 7.38. The Morgan fingerprint density at radius 2 is 2.45 bits per heavy atom. The van der Waals surface area contributed by atoms with Crippen molar-refractivity contribution in [2.75, 3.05) is 6.61 Å². The quantitative estimate of drug-likeness (QED) is 0.504. The van der Waals surface area contributed by atoms with E-state index in [2.05, 4.69) is 6.07 Å². The summed E-state index contributed by atoms with van der Waals surface area (Å²) in [4.78, 5) is 0. The van der Waals surface area contributed by atoms with Crippen molar-refractivity contribution < 1.29 is 4.74 Å². The second kappa shape index (κ2) is 3.76. The zero-order valence-corrected chi connectivity index (χ0v) is 6.42. The van der Waals surface area contributed by atoms with E-state index in [1.54, 1.807) is 12.1 Å². The van der Waals surface area contributed by atoms with Crippen molar-refractivity contribution in [3.8, 4) is 0 Å². The molecule has 1 N–H and O–H groups in total. The molecular weight excluding hydrogens is 138 g/mol. The summed E-state index contributed by atoms with van der Waals surface area (Å²) < 4.78 is 4.98. The zero-order valence-electron chi connectivity index (χ0n) is 6.42. The summed E-state index contributed by atoms with van der Waals surface area (Å²) in [5.41, 5.74) is 0.703. The Kier molecular flexibility index (Phi) is 2.66. The van der Waals surface area contributed by atoms with Crippen molar-refractivity contribution in [1.29, 1.82) is 5.41 Å². The monoisotopic (exact) mass is 148 g/mol. The van der Waals surface area contributed by atoms with E-state index in [1.165, 1.54) is 0 Å². The summed E-state index contributed by atoms with van der Waals surface area (Å²) in [6.07, 6.45) is 0. The van der Waals surface area contributed by atoms with Crippen LogP contribution in [0, 0.1) is 11.5 Å². The van der Waals surface area contributed by atoms with Gasteiger partial charge in [0, 0.05) is 5.56 Å². The Morgan fingerprint density at radius 3 is 3.00 bits per heavy atom. The van der Waals surface area contributed by atoms with Gasteiger partial charge in [-0.1, -0.05) is 18.2 Å². The van der Waals surface area contributed by atoms with Gasteiger partial charge in [-0.3, -0.25) is 5.41 Å². The summed E-state index contributed by atoms with van der Waals surface area (Å²) in [5, 5.41) is 7.38. The van der Waals surface area contributed by atoms with Crippen LogP contribution in [-0.2, 0) is 4.74 Å². The molecule has 1 aromatic rings. The van der Waals surface area contributed by atoms with Crippen LogP contribution in [0.3, 0.4) is 0 Å². The largest absolute Gasteiger partial charge is 0.478 e. The van der Waals surface area contributed by atoms with Gasteiger partial charge in [-0.2, -0.15) is 0 Å². The molecule has 0 heterocycles. The topological polar surface area (TPSA) is 33.1 Å². The molecule has 0 aliphatic rings. The Labute approximate surface area is 66.3 Å². The van der Waals surface area contributed by atoms with E-state index in [0.717, 1.165) is 0 Å². The third-order valence-corrected chi connectivity index (χ3v) is 1.24. The first-order valence-electron chi connectivity index (χ1n) is 3.53. The van der Waals surface area contributed by atoms with Gasteiger partial charge in [0.2, 0.25) is 5.90 Å². The van der Waals surface area contributed by atoms with Crippen molar-refractivity contribution in [3.63, 3.8) is 0 Å². The number of nitrogens with one attached hydrogen (secondary N) is 1. The predicted molar refractivity (Wildman–Crippen MR) is 43.7 cm³/mol. The number of hydrogen-bond donors (Lipinski definition) is 1. The molecule has 57 valence electrons. The molecule has 2 nitrogen and oxygen atoms in total. The van der Waals surface area contributed by atoms with Crippen molar-refractivity contribution in [2.24, 2.45) is 0 Å². The van der Waals surface area contributed by atoms with E-state index in [4.69, 9.17) is 10.1 Å². The fraction of sp³-hybridized carbons (Fsp3) is 0.222. The van der Waals surface area contributed by atoms with Gasteiger partial charge in [-0.25, -0.2) is 0 Å². The molecular formula is C9H10NO. The normalized spacial score (nSPS) is 9.18. The van der Waals surface area contributed by atoms with E-state index < -0.39 is 0 Å². The summed E-state index contributed by atoms with van der Waals surface area (Å²) in [5.74, 6) is 0.188. The van der Waals surface area contributed by atoms with Crippen LogP contribution >= 0.6 is 0 Å². The summed E-state index contributed by atoms with van der Waals surface area (Å²) in [6, 6.07) is 10.2. The highest BCUT2D eigenvalue weighted by molar-refractivity contribution is 5.91. The maximum atomic E-state index is 7.38. The van der Waals surface area contributed by atoms with Crippen LogP contribution in [0.25, 0.3) is 0 Å². The van der Waals surface area contributed by atoms with Crippen molar-refractivity contribution in [2.45, 2.75) is 6.92 Å². The molecule has 0 saturated carbocycles. The third kappa shape index (κ3) is 2.08. The molecule has 0 spiro atoms. The molecule has 1 aromatic carbocycles. The molecule has 1 rings (SSSR count). The Bertz CT molecular complexity index is 231. The number of ether oxygens (including phenoxy) is 1. The lowest BCUT2D eigenvalue weighted by Crippen LogP contribution is -2.03. The summed E-state index contributed by atoms with van der Waals surface area (Å²) >= 11 is 0. The molecule has 1 radical (unpaired) electrons. The van der Waals surface area contributed by atoms with Gasteiger partial charge in [0.05, 0.1) is 6.61 Å². The number of rotatable bonds is 2. The molecule has 0 fully saturated rings. The van der Waals surface area contributed by atoms with Gasteiger partial charge in [-0.15, -0.1) is 0 Å². The van der Waals surface area contributed by atoms with Crippen LogP contribution in [-0.4, -0.2) is 12.5 Å². The predicted octanol–water partition coefficient (Wildman–Crippen LogP) is 1.85. The Balaban J connectivity index is 2.69. The van der Waals surface area contributed by atoms with E-state index in [1.807, 2.05) is 19.1 Å². The molecule has 11 heavy (non-hydrogen) atoms. The zero-order chi connectivity index (χ0) is 8.10. The van der Waals surface area contributed by atoms with E-state index >= 15 is 0 Å². The minimum Gasteiger partial charge on any atom is -0.478 e. The van der Waals surface area contributed by atoms with Crippen LogP contribution in [0.2, 0.25) is 0 Å². The van der Waals surface area contributed by atoms with Gasteiger partial charge < -0.3 is 4.74 Å². The standard InChI is InChI=1S/C9H10NO/c1-2-11-9(10)8-6-4-3-5-7-8/h3-6,10H,2H2,1H3. The lowest BCUT2D eigenvalue weighted by Gasteiger charge is -2.02. The lowest BCUT2D eigenvalue weighted by atomic mass is 10.2. The molecule has 0 saturated heterocycles. The molecule has 0 aliphatic carbocycles. The highest BCUT2D eigenvalue weighted by Gasteiger charge is 1.98. The summed E-state index contributed by atoms with van der Waals surface area (Å²) in [6.45, 7) is 2.39. The average Bonchev–Trinajstić information content (AvgIpc) is 2.07. The van der Waals surface area contributed by atoms with Gasteiger partial charge >= 0.3 is 0 Å². The van der Waals surface area contributed by atoms with Crippen LogP contribution < -0.4 is 0 Å². The molecule has 0 unspecified atom stereocenters. The maximum Gasteiger partial charge on any atom is 0.213 e. The van der Waals surface area contributed by atoms with Crippen molar-refractivity contribution in [3.05, 3.63) is 35.9 Å². The first kappa shape index (κ1) is 7.79. The fourth-order valence-electron chi connectivity index (χ4n) is 0.757. The van der Waals surface area contributed by atoms with E-state index in [9.17, 15) is 0 Å². The molecule has 0 bridgehead atoms. The van der Waals surface area contributed by atoms with Crippen LogP contribution in [0.1, 0.15) is 12.5 Å². The van der Waals surface area contributed by atoms with E-state index in [-0.39, 0.29) is 5.90 Å². The third-order valence-electron chi connectivity index (χ3n) is 1.24. The first-order chi connectivity index (χ1) is 5.34. The molecule has 2 heteroatoms. The lowest BCUT2D eigenvalue weighted by molar-refractivity contribution is 0.325. The Hall–Kier alpha value is -1.31. The smallest absolute Gasteiger partial charge is 0.213 e. The van der Waals surface area contributed by atoms with Crippen molar-refractivity contribution in [1.82, 2.24) is 0 Å². The van der Waals surface area contributed by atoms with Crippen molar-refractivity contribution >= 4 is 5.90 Å². The van der Waals surface area contributed by atoms with Gasteiger partial charge in [-0.05, 0) is 19.1 Å². The van der Waals surface area contributed by atoms with Crippen LogP contribution in [0.15, 0.2) is 24.3 Å². The van der Waals surface area contributed by atoms with Crippen LogP contribution in [0.4, 0.5) is 0 Å². The second-order valence-corrected chi connectivity index (χ2v) is 2.04. The van der Waals surface area contributed by atoms with E-state index in [0.29, 0.717) is 12.2 Å². The molecule has 0 aliphatic heterocycles. The first-order valence-corrected chi connectivity index (χ1v) is 3.53. The van der Waals surface area contributed by atoms with Gasteiger partial charge in [0.15, 0.2) is 0 Å². The van der Waals surface area contributed by atoms with Crippen LogP contribution in [0.5, 0.6) is 0 Å². The SMILES string of the molecule is CCOC(=N)c1[c]cccc1.